The van der Waals surface area contributed by atoms with Crippen LogP contribution in [0.2, 0.25) is 0 Å². The van der Waals surface area contributed by atoms with E-state index in [0.29, 0.717) is 13.1 Å². The Bertz CT molecular complexity index is 633. The standard InChI is InChI=1S/C11H15N3O5S.ClH/c1-12-3-4-13-11(15)8-5-9(14(16)17)7-10(6-8)20(2,18)19;/h5-7,12H,3-4H2,1-2H3,(H,13,15);1H. The molecular formula is C11H16ClN3O5S. The van der Waals surface area contributed by atoms with E-state index >= 15 is 0 Å². The van der Waals surface area contributed by atoms with Crippen molar-refractivity contribution in [1.82, 2.24) is 10.6 Å². The SMILES string of the molecule is CNCCNC(=O)c1cc([N+](=O)[O-])cc(S(C)(=O)=O)c1.Cl. The predicted octanol–water partition coefficient (Wildman–Crippen LogP) is 0.369. The van der Waals surface area contributed by atoms with Crippen LogP contribution in [0.5, 0.6) is 0 Å². The average molecular weight is 338 g/mol. The summed E-state index contributed by atoms with van der Waals surface area (Å²) in [6.45, 7) is 0.853. The summed E-state index contributed by atoms with van der Waals surface area (Å²) in [4.78, 5) is 21.6. The Morgan fingerprint density at radius 3 is 2.38 bits per heavy atom. The van der Waals surface area contributed by atoms with Crippen molar-refractivity contribution in [2.75, 3.05) is 26.4 Å². The maximum absolute atomic E-state index is 11.8. The topological polar surface area (TPSA) is 118 Å². The lowest BCUT2D eigenvalue weighted by Gasteiger charge is -2.06. The normalized spacial score (nSPS) is 10.6. The van der Waals surface area contributed by atoms with Gasteiger partial charge in [0.15, 0.2) is 9.84 Å². The summed E-state index contributed by atoms with van der Waals surface area (Å²) in [5, 5.41) is 16.1. The molecule has 0 spiro atoms. The van der Waals surface area contributed by atoms with Crippen molar-refractivity contribution >= 4 is 33.8 Å². The number of nitrogens with zero attached hydrogens (tertiary/aromatic N) is 1. The van der Waals surface area contributed by atoms with Gasteiger partial charge in [-0.15, -0.1) is 12.4 Å². The number of hydrogen-bond donors (Lipinski definition) is 2. The van der Waals surface area contributed by atoms with Gasteiger partial charge in [0.1, 0.15) is 0 Å². The molecule has 1 rings (SSSR count). The largest absolute Gasteiger partial charge is 0.351 e. The number of nitro groups is 1. The van der Waals surface area contributed by atoms with Gasteiger partial charge in [0.25, 0.3) is 11.6 Å². The Morgan fingerprint density at radius 1 is 1.29 bits per heavy atom. The smallest absolute Gasteiger partial charge is 0.271 e. The maximum Gasteiger partial charge on any atom is 0.271 e. The molecular weight excluding hydrogens is 322 g/mol. The molecule has 1 aromatic rings. The van der Waals surface area contributed by atoms with Crippen LogP contribution < -0.4 is 10.6 Å². The summed E-state index contributed by atoms with van der Waals surface area (Å²) >= 11 is 0. The molecule has 118 valence electrons. The number of hydrogen-bond acceptors (Lipinski definition) is 6. The van der Waals surface area contributed by atoms with E-state index in [1.54, 1.807) is 7.05 Å². The van der Waals surface area contributed by atoms with Gasteiger partial charge in [-0.1, -0.05) is 0 Å². The number of halogens is 1. The van der Waals surface area contributed by atoms with Crippen LogP contribution in [0.15, 0.2) is 23.1 Å². The number of carbonyl (C=O) groups excluding carboxylic acids is 1. The van der Waals surface area contributed by atoms with Crippen LogP contribution in [0.3, 0.4) is 0 Å². The van der Waals surface area contributed by atoms with E-state index in [1.807, 2.05) is 0 Å². The summed E-state index contributed by atoms with van der Waals surface area (Å²) in [7, 11) is -1.93. The van der Waals surface area contributed by atoms with E-state index in [9.17, 15) is 23.3 Å². The molecule has 0 saturated carbocycles. The van der Waals surface area contributed by atoms with Crippen LogP contribution in [-0.4, -0.2) is 45.6 Å². The monoisotopic (exact) mass is 337 g/mol. The van der Waals surface area contributed by atoms with Crippen molar-refractivity contribution in [3.8, 4) is 0 Å². The minimum atomic E-state index is -3.64. The van der Waals surface area contributed by atoms with Crippen LogP contribution in [-0.2, 0) is 9.84 Å². The summed E-state index contributed by atoms with van der Waals surface area (Å²) in [6, 6.07) is 3.10. The summed E-state index contributed by atoms with van der Waals surface area (Å²) < 4.78 is 23.0. The van der Waals surface area contributed by atoms with Gasteiger partial charge in [0, 0.05) is 37.0 Å². The zero-order valence-corrected chi connectivity index (χ0v) is 13.1. The Morgan fingerprint density at radius 2 is 1.90 bits per heavy atom. The van der Waals surface area contributed by atoms with Gasteiger partial charge >= 0.3 is 0 Å². The number of benzene rings is 1. The Hall–Kier alpha value is -1.71. The zero-order valence-electron chi connectivity index (χ0n) is 11.5. The number of amides is 1. The quantitative estimate of drug-likeness (QED) is 0.440. The maximum atomic E-state index is 11.8. The second-order valence-corrected chi connectivity index (χ2v) is 6.12. The number of carbonyl (C=O) groups is 1. The number of non-ortho nitro benzene ring substituents is 1. The van der Waals surface area contributed by atoms with Gasteiger partial charge in [-0.05, 0) is 13.1 Å². The Kier molecular flexibility index (Phi) is 7.27. The molecule has 2 N–H and O–H groups in total. The van der Waals surface area contributed by atoms with E-state index in [4.69, 9.17) is 0 Å². The molecule has 0 saturated heterocycles. The van der Waals surface area contributed by atoms with E-state index in [0.717, 1.165) is 24.5 Å². The molecule has 0 unspecified atom stereocenters. The van der Waals surface area contributed by atoms with Crippen molar-refractivity contribution in [3.05, 3.63) is 33.9 Å². The van der Waals surface area contributed by atoms with Crippen LogP contribution >= 0.6 is 12.4 Å². The number of nitro benzene ring substituents is 1. The van der Waals surface area contributed by atoms with Crippen LogP contribution in [0.1, 0.15) is 10.4 Å². The van der Waals surface area contributed by atoms with Crippen molar-refractivity contribution in [1.29, 1.82) is 0 Å². The van der Waals surface area contributed by atoms with Gasteiger partial charge in [-0.25, -0.2) is 8.42 Å². The van der Waals surface area contributed by atoms with Crippen molar-refractivity contribution < 1.29 is 18.1 Å². The molecule has 8 nitrogen and oxygen atoms in total. The zero-order chi connectivity index (χ0) is 15.3. The second kappa shape index (κ2) is 7.91. The Labute approximate surface area is 128 Å². The first-order valence-corrected chi connectivity index (χ1v) is 7.57. The molecule has 21 heavy (non-hydrogen) atoms. The number of likely N-dealkylation sites (N-methyl/N-ethyl adjacent to an activating group) is 1. The third-order valence-corrected chi connectivity index (χ3v) is 3.55. The predicted molar refractivity (Wildman–Crippen MR) is 79.7 cm³/mol. The highest BCUT2D eigenvalue weighted by molar-refractivity contribution is 7.90. The van der Waals surface area contributed by atoms with Gasteiger partial charge in [0.05, 0.1) is 9.82 Å². The second-order valence-electron chi connectivity index (χ2n) is 4.10. The first kappa shape index (κ1) is 19.3. The van der Waals surface area contributed by atoms with Crippen molar-refractivity contribution in [2.45, 2.75) is 4.90 Å². The van der Waals surface area contributed by atoms with Gasteiger partial charge in [-0.2, -0.15) is 0 Å². The number of sulfone groups is 1. The molecule has 1 amide bonds. The molecule has 0 fully saturated rings. The molecule has 0 heterocycles. The van der Waals surface area contributed by atoms with Gasteiger partial charge in [-0.3, -0.25) is 14.9 Å². The number of rotatable bonds is 6. The minimum Gasteiger partial charge on any atom is -0.351 e. The summed E-state index contributed by atoms with van der Waals surface area (Å²) in [5.74, 6) is -0.561. The highest BCUT2D eigenvalue weighted by atomic mass is 35.5. The third-order valence-electron chi connectivity index (χ3n) is 2.45. The molecule has 10 heteroatoms. The lowest BCUT2D eigenvalue weighted by atomic mass is 10.2. The summed E-state index contributed by atoms with van der Waals surface area (Å²) in [5.41, 5.74) is -0.498. The average Bonchev–Trinajstić information content (AvgIpc) is 2.37. The first-order valence-electron chi connectivity index (χ1n) is 5.68. The molecule has 0 aromatic heterocycles. The molecule has 0 aliphatic heterocycles. The first-order chi connectivity index (χ1) is 9.25. The molecule has 0 aliphatic rings. The molecule has 0 radical (unpaired) electrons. The lowest BCUT2D eigenvalue weighted by Crippen LogP contribution is -2.30. The van der Waals surface area contributed by atoms with E-state index in [1.165, 1.54) is 0 Å². The van der Waals surface area contributed by atoms with Crippen LogP contribution in [0.25, 0.3) is 0 Å². The molecule has 0 atom stereocenters. The highest BCUT2D eigenvalue weighted by Gasteiger charge is 2.18. The van der Waals surface area contributed by atoms with E-state index in [-0.39, 0.29) is 22.9 Å². The van der Waals surface area contributed by atoms with Crippen molar-refractivity contribution in [3.63, 3.8) is 0 Å². The van der Waals surface area contributed by atoms with Gasteiger partial charge in [0.2, 0.25) is 0 Å². The van der Waals surface area contributed by atoms with Crippen molar-refractivity contribution in [2.24, 2.45) is 0 Å². The lowest BCUT2D eigenvalue weighted by molar-refractivity contribution is -0.385. The fourth-order valence-electron chi connectivity index (χ4n) is 1.44. The van der Waals surface area contributed by atoms with E-state index < -0.39 is 26.4 Å². The van der Waals surface area contributed by atoms with Gasteiger partial charge < -0.3 is 10.6 Å². The fourth-order valence-corrected chi connectivity index (χ4v) is 2.11. The van der Waals surface area contributed by atoms with Crippen LogP contribution in [0.4, 0.5) is 5.69 Å². The minimum absolute atomic E-state index is 0. The number of nitrogens with one attached hydrogen (secondary N) is 2. The molecule has 0 aliphatic carbocycles. The molecule has 1 aromatic carbocycles. The summed E-state index contributed by atoms with van der Waals surface area (Å²) in [6.07, 6.45) is 0.925. The van der Waals surface area contributed by atoms with Crippen LogP contribution in [0, 0.1) is 10.1 Å². The Balaban J connectivity index is 0.00000400. The van der Waals surface area contributed by atoms with E-state index in [2.05, 4.69) is 10.6 Å². The fraction of sp³-hybridized carbons (Fsp3) is 0.364. The highest BCUT2D eigenvalue weighted by Crippen LogP contribution is 2.20. The third kappa shape index (κ3) is 5.66. The molecule has 0 bridgehead atoms.